The van der Waals surface area contributed by atoms with E-state index in [4.69, 9.17) is 0 Å². The van der Waals surface area contributed by atoms with Crippen LogP contribution in [-0.2, 0) is 0 Å². The summed E-state index contributed by atoms with van der Waals surface area (Å²) in [6.45, 7) is 11.6. The van der Waals surface area contributed by atoms with Gasteiger partial charge in [-0.05, 0) is 5.56 Å². The van der Waals surface area contributed by atoms with Crippen molar-refractivity contribution in [3.8, 4) is 5.69 Å². The Morgan fingerprint density at radius 1 is 0.833 bits per heavy atom. The van der Waals surface area contributed by atoms with Crippen LogP contribution >= 0.6 is 0 Å². The molecule has 0 unspecified atom stereocenters. The Labute approximate surface area is 108 Å². The molecule has 0 aliphatic rings. The van der Waals surface area contributed by atoms with Crippen molar-refractivity contribution in [1.29, 1.82) is 0 Å². The molecule has 0 atom stereocenters. The molecule has 0 saturated heterocycles. The van der Waals surface area contributed by atoms with Crippen LogP contribution in [0.25, 0.3) is 23.9 Å². The van der Waals surface area contributed by atoms with Gasteiger partial charge >= 0.3 is 0 Å². The first-order chi connectivity index (χ1) is 8.81. The van der Waals surface area contributed by atoms with E-state index in [-0.39, 0.29) is 0 Å². The van der Waals surface area contributed by atoms with Crippen LogP contribution in [0.4, 0.5) is 0 Å². The van der Waals surface area contributed by atoms with Crippen LogP contribution in [0.15, 0.2) is 62.3 Å². The van der Waals surface area contributed by atoms with Gasteiger partial charge in [0.15, 0.2) is 6.20 Å². The highest BCUT2D eigenvalue weighted by molar-refractivity contribution is 5.69. The Hall–Kier alpha value is -2.41. The molecule has 0 aliphatic carbocycles. The maximum atomic E-state index is 3.90. The van der Waals surface area contributed by atoms with Crippen molar-refractivity contribution in [2.75, 3.05) is 0 Å². The number of pyridine rings is 1. The van der Waals surface area contributed by atoms with E-state index in [0.29, 0.717) is 0 Å². The third kappa shape index (κ3) is 2.03. The molecule has 1 aromatic carbocycles. The summed E-state index contributed by atoms with van der Waals surface area (Å²) in [6, 6.07) is 12.2. The second-order valence-corrected chi connectivity index (χ2v) is 3.89. The molecule has 88 valence electrons. The van der Waals surface area contributed by atoms with Crippen LogP contribution in [0.3, 0.4) is 0 Å². The number of hydrogen-bond donors (Lipinski definition) is 0. The molecule has 0 N–H and O–H groups in total. The summed E-state index contributed by atoms with van der Waals surface area (Å²) >= 11 is 0. The van der Waals surface area contributed by atoms with Crippen LogP contribution in [0.1, 0.15) is 16.8 Å². The SMILES string of the molecule is C=Cc1cc[n+](-c2ccccc2)c(C=C)c1C=C. The van der Waals surface area contributed by atoms with Gasteiger partial charge in [-0.1, -0.05) is 50.1 Å². The van der Waals surface area contributed by atoms with E-state index >= 15 is 0 Å². The van der Waals surface area contributed by atoms with Gasteiger partial charge in [0.25, 0.3) is 0 Å². The summed E-state index contributed by atoms with van der Waals surface area (Å²) in [5.74, 6) is 0. The highest BCUT2D eigenvalue weighted by Crippen LogP contribution is 2.16. The fourth-order valence-corrected chi connectivity index (χ4v) is 2.03. The predicted octanol–water partition coefficient (Wildman–Crippen LogP) is 3.89. The van der Waals surface area contributed by atoms with Crippen molar-refractivity contribution in [3.63, 3.8) is 0 Å². The van der Waals surface area contributed by atoms with Gasteiger partial charge < -0.3 is 0 Å². The molecular weight excluding hydrogens is 218 g/mol. The molecule has 2 aromatic rings. The van der Waals surface area contributed by atoms with Crippen molar-refractivity contribution in [3.05, 3.63) is 79.2 Å². The average molecular weight is 234 g/mol. The van der Waals surface area contributed by atoms with Crippen LogP contribution in [0.5, 0.6) is 0 Å². The lowest BCUT2D eigenvalue weighted by Gasteiger charge is -2.06. The van der Waals surface area contributed by atoms with Gasteiger partial charge in [-0.2, -0.15) is 4.57 Å². The average Bonchev–Trinajstić information content (AvgIpc) is 2.46. The minimum Gasteiger partial charge on any atom is -0.160 e. The molecule has 1 nitrogen and oxygen atoms in total. The summed E-state index contributed by atoms with van der Waals surface area (Å²) in [5, 5.41) is 0. The monoisotopic (exact) mass is 234 g/mol. The van der Waals surface area contributed by atoms with E-state index in [2.05, 4.69) is 36.4 Å². The zero-order valence-electron chi connectivity index (χ0n) is 10.3. The lowest BCUT2D eigenvalue weighted by molar-refractivity contribution is -0.597. The van der Waals surface area contributed by atoms with Gasteiger partial charge in [0.05, 0.1) is 5.56 Å². The molecule has 2 rings (SSSR count). The number of benzene rings is 1. The van der Waals surface area contributed by atoms with Gasteiger partial charge in [0.2, 0.25) is 11.4 Å². The van der Waals surface area contributed by atoms with Crippen molar-refractivity contribution in [2.24, 2.45) is 0 Å². The lowest BCUT2D eigenvalue weighted by atomic mass is 10.1. The zero-order chi connectivity index (χ0) is 13.0. The molecule has 18 heavy (non-hydrogen) atoms. The Kier molecular flexibility index (Phi) is 3.54. The molecule has 0 amide bonds. The van der Waals surface area contributed by atoms with Crippen molar-refractivity contribution in [2.45, 2.75) is 0 Å². The second-order valence-electron chi connectivity index (χ2n) is 3.89. The van der Waals surface area contributed by atoms with E-state index in [9.17, 15) is 0 Å². The third-order valence-corrected chi connectivity index (χ3v) is 2.90. The zero-order valence-corrected chi connectivity index (χ0v) is 10.3. The molecule has 1 heterocycles. The topological polar surface area (TPSA) is 3.88 Å². The van der Waals surface area contributed by atoms with Gasteiger partial charge in [-0.25, -0.2) is 0 Å². The number of nitrogens with zero attached hydrogens (tertiary/aromatic N) is 1. The van der Waals surface area contributed by atoms with Crippen LogP contribution in [0, 0.1) is 0 Å². The van der Waals surface area contributed by atoms with Gasteiger partial charge in [-0.15, -0.1) is 0 Å². The summed E-state index contributed by atoms with van der Waals surface area (Å²) in [6.07, 6.45) is 7.54. The Morgan fingerprint density at radius 2 is 1.56 bits per heavy atom. The van der Waals surface area contributed by atoms with E-state index in [1.54, 1.807) is 0 Å². The largest absolute Gasteiger partial charge is 0.218 e. The summed E-state index contributed by atoms with van der Waals surface area (Å²) in [7, 11) is 0. The number of hydrogen-bond acceptors (Lipinski definition) is 0. The maximum Gasteiger partial charge on any atom is 0.218 e. The molecule has 0 spiro atoms. The normalized spacial score (nSPS) is 9.78. The summed E-state index contributed by atoms with van der Waals surface area (Å²) in [4.78, 5) is 0. The quantitative estimate of drug-likeness (QED) is 0.706. The molecule has 0 aliphatic heterocycles. The maximum absolute atomic E-state index is 3.90. The van der Waals surface area contributed by atoms with Crippen molar-refractivity contribution in [1.82, 2.24) is 0 Å². The molecule has 0 saturated carbocycles. The first kappa shape index (κ1) is 12.1. The van der Waals surface area contributed by atoms with Crippen LogP contribution in [0.2, 0.25) is 0 Å². The van der Waals surface area contributed by atoms with Gasteiger partial charge in [-0.3, -0.25) is 0 Å². The lowest BCUT2D eigenvalue weighted by Crippen LogP contribution is -2.34. The summed E-state index contributed by atoms with van der Waals surface area (Å²) < 4.78 is 2.09. The minimum absolute atomic E-state index is 1.02. The van der Waals surface area contributed by atoms with Crippen LogP contribution in [-0.4, -0.2) is 0 Å². The smallest absolute Gasteiger partial charge is 0.160 e. The number of aromatic nitrogens is 1. The van der Waals surface area contributed by atoms with Gasteiger partial charge in [0, 0.05) is 24.3 Å². The second kappa shape index (κ2) is 5.28. The van der Waals surface area contributed by atoms with E-state index in [1.807, 2.05) is 48.7 Å². The van der Waals surface area contributed by atoms with Crippen LogP contribution < -0.4 is 4.57 Å². The fourth-order valence-electron chi connectivity index (χ4n) is 2.03. The molecule has 0 fully saturated rings. The van der Waals surface area contributed by atoms with E-state index in [0.717, 1.165) is 22.5 Å². The minimum atomic E-state index is 1.02. The molecule has 0 radical (unpaired) electrons. The molecular formula is C17H16N+. The first-order valence-corrected chi connectivity index (χ1v) is 5.83. The molecule has 1 aromatic heterocycles. The fraction of sp³-hybridized carbons (Fsp3) is 0. The Morgan fingerprint density at radius 3 is 2.11 bits per heavy atom. The number of para-hydroxylation sites is 1. The van der Waals surface area contributed by atoms with E-state index < -0.39 is 0 Å². The van der Waals surface area contributed by atoms with Crippen molar-refractivity contribution < 1.29 is 4.57 Å². The molecule has 0 bridgehead atoms. The van der Waals surface area contributed by atoms with Crippen molar-refractivity contribution >= 4 is 18.2 Å². The number of rotatable bonds is 4. The third-order valence-electron chi connectivity index (χ3n) is 2.90. The molecule has 1 heteroatoms. The Balaban J connectivity index is 2.73. The highest BCUT2D eigenvalue weighted by Gasteiger charge is 2.16. The Bertz CT molecular complexity index is 595. The van der Waals surface area contributed by atoms with E-state index in [1.165, 1.54) is 0 Å². The predicted molar refractivity (Wildman–Crippen MR) is 78.2 cm³/mol. The standard InChI is InChI=1S/C17H16N/c1-4-14-12-13-18(15-10-8-7-9-11-15)17(6-3)16(14)5-2/h4-13H,1-3H2/q+1. The first-order valence-electron chi connectivity index (χ1n) is 5.83. The highest BCUT2D eigenvalue weighted by atomic mass is 15.0. The summed E-state index contributed by atoms with van der Waals surface area (Å²) in [5.41, 5.74) is 4.23. The van der Waals surface area contributed by atoms with Gasteiger partial charge in [0.1, 0.15) is 0 Å².